The number of benzene rings is 3. The van der Waals surface area contributed by atoms with Crippen LogP contribution in [0, 0.1) is 5.82 Å². The average molecular weight is 487 g/mol. The molecule has 0 aliphatic heterocycles. The Balaban J connectivity index is 1.74. The molecule has 0 fully saturated rings. The number of carbonyl (C=O) groups is 1. The first-order valence-corrected chi connectivity index (χ1v) is 10.6. The number of methoxy groups -OCH3 is 1. The van der Waals surface area contributed by atoms with E-state index in [1.807, 2.05) is 5.32 Å². The van der Waals surface area contributed by atoms with E-state index in [-0.39, 0.29) is 23.6 Å². The van der Waals surface area contributed by atoms with Crippen LogP contribution in [-0.2, 0) is 10.5 Å². The molecule has 1 aromatic heterocycles. The number of amides is 1. The minimum Gasteiger partial charge on any atom is -0.497 e. The fourth-order valence-corrected chi connectivity index (χ4v) is 3.71. The average Bonchev–Trinajstić information content (AvgIpc) is 3.26. The van der Waals surface area contributed by atoms with Gasteiger partial charge in [-0.2, -0.15) is 18.3 Å². The molecule has 1 unspecified atom stereocenters. The van der Waals surface area contributed by atoms with Crippen LogP contribution in [0.5, 0.6) is 11.5 Å². The van der Waals surface area contributed by atoms with E-state index in [2.05, 4.69) is 5.10 Å². The number of nitrogens with one attached hydrogen (secondary N) is 1. The second-order valence-electron chi connectivity index (χ2n) is 7.72. The summed E-state index contributed by atoms with van der Waals surface area (Å²) >= 11 is 0. The molecule has 1 N–H and O–H groups in total. The van der Waals surface area contributed by atoms with Gasteiger partial charge in [-0.3, -0.25) is 4.79 Å². The number of rotatable bonds is 7. The third-order valence-electron chi connectivity index (χ3n) is 5.51. The Labute approximate surface area is 198 Å². The Bertz CT molecular complexity index is 1350. The van der Waals surface area contributed by atoms with Crippen LogP contribution >= 0.6 is 0 Å². The number of hydrogen-bond donors (Lipinski definition) is 1. The summed E-state index contributed by atoms with van der Waals surface area (Å²) in [6.07, 6.45) is -3.57. The Morgan fingerprint density at radius 1 is 1.03 bits per heavy atom. The Kier molecular flexibility index (Phi) is 6.38. The van der Waals surface area contributed by atoms with Crippen LogP contribution in [0.15, 0.2) is 72.9 Å². The predicted molar refractivity (Wildman–Crippen MR) is 121 cm³/mol. The van der Waals surface area contributed by atoms with Gasteiger partial charge in [-0.1, -0.05) is 19.1 Å². The minimum absolute atomic E-state index is 0.0190. The summed E-state index contributed by atoms with van der Waals surface area (Å²) in [5.74, 6) is -1.91. The van der Waals surface area contributed by atoms with Gasteiger partial charge in [0, 0.05) is 17.4 Å². The molecule has 1 atom stereocenters. The quantitative estimate of drug-likeness (QED) is 0.277. The highest BCUT2D eigenvalue weighted by atomic mass is 19.4. The van der Waals surface area contributed by atoms with Crippen molar-refractivity contribution in [2.24, 2.45) is 0 Å². The number of aromatic nitrogens is 2. The van der Waals surface area contributed by atoms with E-state index < -0.39 is 17.8 Å². The van der Waals surface area contributed by atoms with Crippen LogP contribution < -0.4 is 14.8 Å². The van der Waals surface area contributed by atoms with E-state index in [0.717, 1.165) is 0 Å². The Morgan fingerprint density at radius 3 is 2.43 bits per heavy atom. The number of carbonyl (C=O) groups excluding carboxylic acids is 1. The van der Waals surface area contributed by atoms with E-state index >= 15 is 0 Å². The van der Waals surface area contributed by atoms with E-state index in [1.165, 1.54) is 25.3 Å². The summed E-state index contributed by atoms with van der Waals surface area (Å²) in [6, 6.07) is 16.9. The molecule has 0 aliphatic rings. The molecule has 0 radical (unpaired) electrons. The van der Waals surface area contributed by atoms with Crippen molar-refractivity contribution in [3.05, 3.63) is 84.3 Å². The van der Waals surface area contributed by atoms with Crippen LogP contribution in [0.3, 0.4) is 0 Å². The van der Waals surface area contributed by atoms with Crippen molar-refractivity contribution in [2.45, 2.75) is 25.2 Å². The summed E-state index contributed by atoms with van der Waals surface area (Å²) in [5, 5.41) is 6.97. The second kappa shape index (κ2) is 9.28. The lowest BCUT2D eigenvalue weighted by Crippen LogP contribution is -2.54. The SMILES string of the molecule is CCC(NC(=O)C(F)(F)F)(Oc1ccc2c(cnn2-c2ccc(F)cc2)c1)c1cccc(OC)c1. The molecular formula is C25H21F4N3O3. The maximum Gasteiger partial charge on any atom is 0.471 e. The summed E-state index contributed by atoms with van der Waals surface area (Å²) < 4.78 is 65.7. The molecule has 1 heterocycles. The zero-order valence-corrected chi connectivity index (χ0v) is 18.8. The maximum absolute atomic E-state index is 13.3. The standard InChI is InChI=1S/C25H21F4N3O3/c1-3-24(31-23(33)25(27,28)29,17-5-4-6-20(14-17)34-2)35-21-11-12-22-16(13-21)15-30-32(22)19-9-7-18(26)8-10-19/h4-15H,3H2,1-2H3,(H,31,33). The number of halogens is 4. The molecule has 10 heteroatoms. The van der Waals surface area contributed by atoms with Crippen LogP contribution in [0.25, 0.3) is 16.6 Å². The van der Waals surface area contributed by atoms with Crippen molar-refractivity contribution >= 4 is 16.8 Å². The molecule has 0 saturated carbocycles. The zero-order valence-electron chi connectivity index (χ0n) is 18.8. The second-order valence-corrected chi connectivity index (χ2v) is 7.72. The van der Waals surface area contributed by atoms with Gasteiger partial charge in [0.05, 0.1) is 24.5 Å². The molecule has 6 nitrogen and oxygen atoms in total. The van der Waals surface area contributed by atoms with Crippen LogP contribution in [0.4, 0.5) is 17.6 Å². The van der Waals surface area contributed by atoms with Crippen molar-refractivity contribution in [1.29, 1.82) is 0 Å². The van der Waals surface area contributed by atoms with Gasteiger partial charge < -0.3 is 14.8 Å². The topological polar surface area (TPSA) is 65.4 Å². The van der Waals surface area contributed by atoms with Gasteiger partial charge >= 0.3 is 12.1 Å². The minimum atomic E-state index is -5.11. The molecule has 0 aliphatic carbocycles. The maximum atomic E-state index is 13.3. The number of hydrogen-bond acceptors (Lipinski definition) is 4. The number of fused-ring (bicyclic) bond motifs is 1. The van der Waals surface area contributed by atoms with Gasteiger partial charge in [0.25, 0.3) is 0 Å². The van der Waals surface area contributed by atoms with E-state index in [0.29, 0.717) is 22.3 Å². The third kappa shape index (κ3) is 4.91. The Hall–Kier alpha value is -4.08. The van der Waals surface area contributed by atoms with Gasteiger partial charge in [0.1, 0.15) is 17.3 Å². The smallest absolute Gasteiger partial charge is 0.471 e. The summed E-state index contributed by atoms with van der Waals surface area (Å²) in [4.78, 5) is 12.0. The fraction of sp³-hybridized carbons (Fsp3) is 0.200. The summed E-state index contributed by atoms with van der Waals surface area (Å²) in [5.41, 5.74) is -0.250. The van der Waals surface area contributed by atoms with Crippen molar-refractivity contribution in [1.82, 2.24) is 15.1 Å². The summed E-state index contributed by atoms with van der Waals surface area (Å²) in [7, 11) is 1.43. The van der Waals surface area contributed by atoms with Crippen molar-refractivity contribution in [3.63, 3.8) is 0 Å². The van der Waals surface area contributed by atoms with Gasteiger partial charge in [-0.05, 0) is 54.6 Å². The molecule has 4 rings (SSSR count). The van der Waals surface area contributed by atoms with Gasteiger partial charge in [0.2, 0.25) is 5.72 Å². The lowest BCUT2D eigenvalue weighted by molar-refractivity contribution is -0.180. The number of alkyl halides is 3. The number of nitrogens with zero attached hydrogens (tertiary/aromatic N) is 2. The van der Waals surface area contributed by atoms with Crippen molar-refractivity contribution in [2.75, 3.05) is 7.11 Å². The molecule has 182 valence electrons. The first kappa shape index (κ1) is 24.1. The molecule has 35 heavy (non-hydrogen) atoms. The molecule has 0 saturated heterocycles. The largest absolute Gasteiger partial charge is 0.497 e. The lowest BCUT2D eigenvalue weighted by Gasteiger charge is -2.35. The molecule has 3 aromatic carbocycles. The Morgan fingerprint density at radius 2 is 1.77 bits per heavy atom. The molecule has 0 spiro atoms. The van der Waals surface area contributed by atoms with Crippen LogP contribution in [0.2, 0.25) is 0 Å². The van der Waals surface area contributed by atoms with Crippen molar-refractivity contribution < 1.29 is 31.8 Å². The molecule has 4 aromatic rings. The highest BCUT2D eigenvalue weighted by Gasteiger charge is 2.45. The highest BCUT2D eigenvalue weighted by molar-refractivity contribution is 5.83. The highest BCUT2D eigenvalue weighted by Crippen LogP contribution is 2.34. The van der Waals surface area contributed by atoms with E-state index in [9.17, 15) is 22.4 Å². The zero-order chi connectivity index (χ0) is 25.2. The number of ether oxygens (including phenoxy) is 2. The first-order valence-electron chi connectivity index (χ1n) is 10.6. The van der Waals surface area contributed by atoms with Gasteiger partial charge in [0.15, 0.2) is 0 Å². The van der Waals surface area contributed by atoms with Crippen LogP contribution in [-0.4, -0.2) is 29.0 Å². The molecular weight excluding hydrogens is 466 g/mol. The third-order valence-corrected chi connectivity index (χ3v) is 5.51. The van der Waals surface area contributed by atoms with E-state index in [1.54, 1.807) is 66.3 Å². The van der Waals surface area contributed by atoms with Gasteiger partial charge in [-0.25, -0.2) is 9.07 Å². The molecule has 1 amide bonds. The fourth-order valence-electron chi connectivity index (χ4n) is 3.71. The first-order chi connectivity index (χ1) is 16.6. The predicted octanol–water partition coefficient (Wildman–Crippen LogP) is 5.49. The summed E-state index contributed by atoms with van der Waals surface area (Å²) in [6.45, 7) is 1.60. The van der Waals surface area contributed by atoms with Crippen molar-refractivity contribution in [3.8, 4) is 17.2 Å². The van der Waals surface area contributed by atoms with Crippen LogP contribution in [0.1, 0.15) is 18.9 Å². The normalized spacial score (nSPS) is 13.3. The van der Waals surface area contributed by atoms with E-state index in [4.69, 9.17) is 9.47 Å². The monoisotopic (exact) mass is 487 g/mol. The van der Waals surface area contributed by atoms with Gasteiger partial charge in [-0.15, -0.1) is 0 Å². The lowest BCUT2D eigenvalue weighted by atomic mass is 9.98. The molecule has 0 bridgehead atoms.